The number of halogens is 3. The number of alkyl halides is 3. The lowest BCUT2D eigenvalue weighted by molar-refractivity contribution is -0.147. The molecule has 2 N–H and O–H groups in total. The van der Waals surface area contributed by atoms with Crippen LogP contribution in [-0.2, 0) is 21.2 Å². The minimum Gasteiger partial charge on any atom is -0.381 e. The SMILES string of the molecule is CC(NS(=O)(=O)c1ccc(-c2sc(C(=O)NC3CCOCC3)nc2CC2CCC2)c2ccccc12)C(F)(F)F. The molecule has 2 aromatic carbocycles. The molecule has 39 heavy (non-hydrogen) atoms. The van der Waals surface area contributed by atoms with Gasteiger partial charge in [-0.3, -0.25) is 4.79 Å². The fourth-order valence-electron chi connectivity index (χ4n) is 4.92. The van der Waals surface area contributed by atoms with Crippen molar-refractivity contribution in [3.8, 4) is 10.4 Å². The van der Waals surface area contributed by atoms with Gasteiger partial charge in [0.15, 0.2) is 5.01 Å². The van der Waals surface area contributed by atoms with Crippen molar-refractivity contribution < 1.29 is 31.1 Å². The molecule has 0 bridgehead atoms. The maximum absolute atomic E-state index is 13.1. The second-order valence-electron chi connectivity index (χ2n) is 10.2. The van der Waals surface area contributed by atoms with Crippen LogP contribution >= 0.6 is 11.3 Å². The highest BCUT2D eigenvalue weighted by molar-refractivity contribution is 7.89. The van der Waals surface area contributed by atoms with E-state index < -0.39 is 22.2 Å². The topological polar surface area (TPSA) is 97.4 Å². The van der Waals surface area contributed by atoms with E-state index in [9.17, 15) is 26.4 Å². The fraction of sp³-hybridized carbons (Fsp3) is 0.481. The molecule has 1 amide bonds. The summed E-state index contributed by atoms with van der Waals surface area (Å²) in [6.45, 7) is 1.96. The Labute approximate surface area is 229 Å². The number of benzene rings is 2. The summed E-state index contributed by atoms with van der Waals surface area (Å²) in [4.78, 5) is 18.4. The molecule has 0 radical (unpaired) electrons. The molecule has 1 saturated carbocycles. The summed E-state index contributed by atoms with van der Waals surface area (Å²) in [7, 11) is -4.47. The molecule has 7 nitrogen and oxygen atoms in total. The van der Waals surface area contributed by atoms with E-state index in [4.69, 9.17) is 9.72 Å². The van der Waals surface area contributed by atoms with E-state index in [0.29, 0.717) is 46.9 Å². The number of amides is 1. The van der Waals surface area contributed by atoms with Gasteiger partial charge in [0.05, 0.1) is 15.5 Å². The van der Waals surface area contributed by atoms with Crippen LogP contribution in [0.5, 0.6) is 0 Å². The third-order valence-electron chi connectivity index (χ3n) is 7.40. The van der Waals surface area contributed by atoms with E-state index in [0.717, 1.165) is 49.6 Å². The number of carbonyl (C=O) groups excluding carboxylic acids is 1. The van der Waals surface area contributed by atoms with Crippen molar-refractivity contribution in [3.63, 3.8) is 0 Å². The van der Waals surface area contributed by atoms with E-state index in [1.807, 2.05) is 0 Å². The molecule has 1 aromatic heterocycles. The van der Waals surface area contributed by atoms with E-state index in [-0.39, 0.29) is 16.8 Å². The van der Waals surface area contributed by atoms with Gasteiger partial charge in [-0.2, -0.15) is 17.9 Å². The number of hydrogen-bond donors (Lipinski definition) is 2. The first-order valence-electron chi connectivity index (χ1n) is 13.0. The summed E-state index contributed by atoms with van der Waals surface area (Å²) >= 11 is 1.26. The molecule has 1 atom stereocenters. The molecule has 2 aliphatic rings. The van der Waals surface area contributed by atoms with Gasteiger partial charge >= 0.3 is 6.18 Å². The maximum Gasteiger partial charge on any atom is 0.404 e. The highest BCUT2D eigenvalue weighted by Gasteiger charge is 2.39. The zero-order chi connectivity index (χ0) is 27.8. The van der Waals surface area contributed by atoms with E-state index >= 15 is 0 Å². The number of fused-ring (bicyclic) bond motifs is 1. The molecule has 210 valence electrons. The maximum atomic E-state index is 13.1. The zero-order valence-corrected chi connectivity index (χ0v) is 23.0. The van der Waals surface area contributed by atoms with Crippen LogP contribution in [0, 0.1) is 5.92 Å². The molecule has 2 fully saturated rings. The minimum atomic E-state index is -4.72. The summed E-state index contributed by atoms with van der Waals surface area (Å²) in [6.07, 6.45) is 0.781. The van der Waals surface area contributed by atoms with Crippen molar-refractivity contribution >= 4 is 38.0 Å². The largest absolute Gasteiger partial charge is 0.404 e. The zero-order valence-electron chi connectivity index (χ0n) is 21.4. The van der Waals surface area contributed by atoms with Gasteiger partial charge in [0.2, 0.25) is 10.0 Å². The summed E-state index contributed by atoms with van der Waals surface area (Å²) in [6, 6.07) is 7.43. The average molecular weight is 582 g/mol. The van der Waals surface area contributed by atoms with Crippen molar-refractivity contribution in [1.82, 2.24) is 15.0 Å². The van der Waals surface area contributed by atoms with Gasteiger partial charge in [0, 0.05) is 30.2 Å². The van der Waals surface area contributed by atoms with Crippen LogP contribution < -0.4 is 10.0 Å². The Morgan fingerprint density at radius 2 is 1.79 bits per heavy atom. The normalized spacial score (nSPS) is 18.2. The van der Waals surface area contributed by atoms with Crippen molar-refractivity contribution in [3.05, 3.63) is 47.1 Å². The quantitative estimate of drug-likeness (QED) is 0.369. The number of nitrogens with zero attached hydrogens (tertiary/aromatic N) is 1. The first-order valence-corrected chi connectivity index (χ1v) is 15.3. The Morgan fingerprint density at radius 1 is 1.10 bits per heavy atom. The first-order chi connectivity index (χ1) is 18.5. The molecular formula is C27H30F3N3O4S2. The van der Waals surface area contributed by atoms with Crippen LogP contribution in [0.4, 0.5) is 13.2 Å². The Bertz CT molecular complexity index is 1460. The minimum absolute atomic E-state index is 0.0191. The summed E-state index contributed by atoms with van der Waals surface area (Å²) in [5.74, 6) is 0.220. The van der Waals surface area contributed by atoms with Crippen LogP contribution in [0.3, 0.4) is 0 Å². The second kappa shape index (κ2) is 11.1. The molecule has 2 heterocycles. The Kier molecular flexibility index (Phi) is 8.01. The molecular weight excluding hydrogens is 551 g/mol. The van der Waals surface area contributed by atoms with E-state index in [2.05, 4.69) is 5.32 Å². The van der Waals surface area contributed by atoms with Gasteiger partial charge in [0.1, 0.15) is 6.04 Å². The average Bonchev–Trinajstić information content (AvgIpc) is 3.29. The fourth-order valence-corrected chi connectivity index (χ4v) is 7.40. The Morgan fingerprint density at radius 3 is 2.44 bits per heavy atom. The number of hydrogen-bond acceptors (Lipinski definition) is 6. The van der Waals surface area contributed by atoms with Crippen LogP contribution in [0.25, 0.3) is 21.2 Å². The highest BCUT2D eigenvalue weighted by atomic mass is 32.2. The second-order valence-corrected chi connectivity index (χ2v) is 12.9. The molecule has 1 aliphatic heterocycles. The first kappa shape index (κ1) is 28.0. The smallest absolute Gasteiger partial charge is 0.381 e. The van der Waals surface area contributed by atoms with Crippen molar-refractivity contribution in [2.45, 2.75) is 68.6 Å². The number of rotatable bonds is 8. The lowest BCUT2D eigenvalue weighted by Gasteiger charge is -2.25. The number of aromatic nitrogens is 1. The third-order valence-corrected chi connectivity index (χ3v) is 10.1. The summed E-state index contributed by atoms with van der Waals surface area (Å²) < 4.78 is 72.5. The summed E-state index contributed by atoms with van der Waals surface area (Å²) in [5, 5.41) is 4.26. The lowest BCUT2D eigenvalue weighted by atomic mass is 9.81. The standard InChI is InChI=1S/C27H30F3N3O4S2/c1-16(27(28,29)30)33-39(35,36)23-10-9-21(19-7-2-3-8-20(19)23)24-22(15-17-5-4-6-17)32-26(38-24)25(34)31-18-11-13-37-14-12-18/h2-3,7-10,16-18,33H,4-6,11-15H2,1H3,(H,31,34). The van der Waals surface area contributed by atoms with Crippen molar-refractivity contribution in [1.29, 1.82) is 0 Å². The van der Waals surface area contributed by atoms with E-state index in [1.54, 1.807) is 35.1 Å². The molecule has 1 saturated heterocycles. The Balaban J connectivity index is 1.54. The molecule has 1 unspecified atom stereocenters. The molecule has 0 spiro atoms. The molecule has 12 heteroatoms. The van der Waals surface area contributed by atoms with Crippen molar-refractivity contribution in [2.24, 2.45) is 5.92 Å². The van der Waals surface area contributed by atoms with Crippen LogP contribution in [0.15, 0.2) is 41.3 Å². The predicted molar refractivity (Wildman–Crippen MR) is 143 cm³/mol. The number of thiazole rings is 1. The number of sulfonamides is 1. The molecule has 1 aliphatic carbocycles. The number of carbonyl (C=O) groups is 1. The summed E-state index contributed by atoms with van der Waals surface area (Å²) in [5.41, 5.74) is 1.48. The Hall–Kier alpha value is -2.54. The molecule has 5 rings (SSSR count). The number of ether oxygens (including phenoxy) is 1. The van der Waals surface area contributed by atoms with Gasteiger partial charge in [-0.1, -0.05) is 49.6 Å². The van der Waals surface area contributed by atoms with Gasteiger partial charge in [-0.05, 0) is 43.6 Å². The number of nitrogens with one attached hydrogen (secondary N) is 2. The highest BCUT2D eigenvalue weighted by Crippen LogP contribution is 2.40. The monoisotopic (exact) mass is 581 g/mol. The van der Waals surface area contributed by atoms with Gasteiger partial charge in [0.25, 0.3) is 5.91 Å². The van der Waals surface area contributed by atoms with Crippen LogP contribution in [0.1, 0.15) is 54.5 Å². The van der Waals surface area contributed by atoms with Crippen LogP contribution in [-0.4, -0.2) is 50.8 Å². The van der Waals surface area contributed by atoms with Gasteiger partial charge in [-0.25, -0.2) is 13.4 Å². The third kappa shape index (κ3) is 6.13. The van der Waals surface area contributed by atoms with E-state index in [1.165, 1.54) is 17.4 Å². The van der Waals surface area contributed by atoms with Gasteiger partial charge < -0.3 is 10.1 Å². The predicted octanol–water partition coefficient (Wildman–Crippen LogP) is 5.44. The van der Waals surface area contributed by atoms with Crippen LogP contribution in [0.2, 0.25) is 0 Å². The van der Waals surface area contributed by atoms with Crippen molar-refractivity contribution in [2.75, 3.05) is 13.2 Å². The molecule has 3 aromatic rings. The lowest BCUT2D eigenvalue weighted by Crippen LogP contribution is -2.43. The van der Waals surface area contributed by atoms with Gasteiger partial charge in [-0.15, -0.1) is 11.3 Å².